The molecule has 0 atom stereocenters. The van der Waals surface area contributed by atoms with Gasteiger partial charge in [-0.25, -0.2) is 5.01 Å². The molecule has 2 heterocycles. The Kier molecular flexibility index (Phi) is 1.99. The monoisotopic (exact) mass is 153 g/mol. The Labute approximate surface area is 67.6 Å². The zero-order valence-electron chi connectivity index (χ0n) is 6.79. The third-order valence-corrected chi connectivity index (χ3v) is 2.31. The third-order valence-electron chi connectivity index (χ3n) is 2.31. The Hall–Kier alpha value is -0.700. The normalized spacial score (nSPS) is 25.6. The van der Waals surface area contributed by atoms with Crippen LogP contribution in [0, 0.1) is 0 Å². The van der Waals surface area contributed by atoms with E-state index in [0.29, 0.717) is 0 Å². The van der Waals surface area contributed by atoms with Crippen LogP contribution in [0.15, 0.2) is 12.4 Å². The molecule has 2 rings (SSSR count). The van der Waals surface area contributed by atoms with Crippen molar-refractivity contribution in [1.29, 1.82) is 0 Å². The standard InChI is InChI=1S/C8H15N3/c1-2-5-10(6-3-1)11-7-4-9-8-11/h4,7,9H,1-3,5-6,8H2. The van der Waals surface area contributed by atoms with E-state index in [1.165, 1.54) is 32.4 Å². The van der Waals surface area contributed by atoms with E-state index in [1.807, 2.05) is 6.20 Å². The molecule has 1 saturated heterocycles. The average molecular weight is 153 g/mol. The fourth-order valence-electron chi connectivity index (χ4n) is 1.67. The van der Waals surface area contributed by atoms with Crippen LogP contribution in [0.1, 0.15) is 19.3 Å². The summed E-state index contributed by atoms with van der Waals surface area (Å²) in [4.78, 5) is 0. The maximum atomic E-state index is 3.17. The highest BCUT2D eigenvalue weighted by atomic mass is 15.6. The second-order valence-corrected chi connectivity index (χ2v) is 3.13. The lowest BCUT2D eigenvalue weighted by atomic mass is 10.2. The molecule has 0 aromatic heterocycles. The quantitative estimate of drug-likeness (QED) is 0.599. The molecule has 2 aliphatic heterocycles. The third kappa shape index (κ3) is 1.48. The highest BCUT2D eigenvalue weighted by Crippen LogP contribution is 2.12. The van der Waals surface area contributed by atoms with E-state index in [9.17, 15) is 0 Å². The fourth-order valence-corrected chi connectivity index (χ4v) is 1.67. The molecule has 0 aromatic carbocycles. The van der Waals surface area contributed by atoms with Crippen molar-refractivity contribution in [3.8, 4) is 0 Å². The molecule has 0 amide bonds. The van der Waals surface area contributed by atoms with Crippen LogP contribution in [0.2, 0.25) is 0 Å². The zero-order chi connectivity index (χ0) is 7.52. The maximum absolute atomic E-state index is 3.17. The van der Waals surface area contributed by atoms with Gasteiger partial charge in [-0.3, -0.25) is 5.01 Å². The van der Waals surface area contributed by atoms with Crippen LogP contribution in [0.4, 0.5) is 0 Å². The average Bonchev–Trinajstić information content (AvgIpc) is 2.58. The number of piperidine rings is 1. The van der Waals surface area contributed by atoms with Crippen molar-refractivity contribution >= 4 is 0 Å². The predicted molar refractivity (Wildman–Crippen MR) is 44.4 cm³/mol. The second-order valence-electron chi connectivity index (χ2n) is 3.13. The van der Waals surface area contributed by atoms with Gasteiger partial charge in [-0.1, -0.05) is 6.42 Å². The van der Waals surface area contributed by atoms with Gasteiger partial charge in [-0.05, 0) is 12.8 Å². The zero-order valence-corrected chi connectivity index (χ0v) is 6.79. The lowest BCUT2D eigenvalue weighted by molar-refractivity contribution is 0.00909. The lowest BCUT2D eigenvalue weighted by Crippen LogP contribution is -2.42. The molecule has 1 fully saturated rings. The summed E-state index contributed by atoms with van der Waals surface area (Å²) in [6, 6.07) is 0. The summed E-state index contributed by atoms with van der Waals surface area (Å²) in [5.41, 5.74) is 0. The number of rotatable bonds is 1. The Morgan fingerprint density at radius 2 is 1.91 bits per heavy atom. The molecule has 11 heavy (non-hydrogen) atoms. The van der Waals surface area contributed by atoms with Gasteiger partial charge < -0.3 is 5.32 Å². The van der Waals surface area contributed by atoms with Crippen LogP contribution in [0.25, 0.3) is 0 Å². The molecule has 3 heteroatoms. The molecule has 0 bridgehead atoms. The van der Waals surface area contributed by atoms with Crippen LogP contribution >= 0.6 is 0 Å². The number of hydrogen-bond donors (Lipinski definition) is 1. The van der Waals surface area contributed by atoms with Crippen molar-refractivity contribution in [2.24, 2.45) is 0 Å². The van der Waals surface area contributed by atoms with Crippen molar-refractivity contribution < 1.29 is 0 Å². The first kappa shape index (κ1) is 6.98. The summed E-state index contributed by atoms with van der Waals surface area (Å²) in [6.45, 7) is 3.41. The van der Waals surface area contributed by atoms with E-state index >= 15 is 0 Å². The SMILES string of the molecule is C1=CN(N2CCCCC2)CN1. The summed E-state index contributed by atoms with van der Waals surface area (Å²) >= 11 is 0. The van der Waals surface area contributed by atoms with Crippen LogP contribution in [-0.4, -0.2) is 29.8 Å². The molecule has 3 nitrogen and oxygen atoms in total. The van der Waals surface area contributed by atoms with Gasteiger partial charge in [0.15, 0.2) is 0 Å². The first-order chi connectivity index (χ1) is 5.47. The molecule has 0 aliphatic carbocycles. The van der Waals surface area contributed by atoms with Gasteiger partial charge in [0.05, 0.1) is 0 Å². The molecular weight excluding hydrogens is 138 g/mol. The number of nitrogens with zero attached hydrogens (tertiary/aromatic N) is 2. The highest BCUT2D eigenvalue weighted by molar-refractivity contribution is 4.86. The topological polar surface area (TPSA) is 18.5 Å². The van der Waals surface area contributed by atoms with E-state index in [0.717, 1.165) is 6.67 Å². The maximum Gasteiger partial charge on any atom is 0.102 e. The Balaban J connectivity index is 1.87. The van der Waals surface area contributed by atoms with Gasteiger partial charge >= 0.3 is 0 Å². The summed E-state index contributed by atoms with van der Waals surface area (Å²) in [5.74, 6) is 0. The fraction of sp³-hybridized carbons (Fsp3) is 0.750. The minimum atomic E-state index is 0.958. The van der Waals surface area contributed by atoms with Gasteiger partial charge in [0, 0.05) is 25.5 Å². The second kappa shape index (κ2) is 3.13. The molecule has 0 saturated carbocycles. The van der Waals surface area contributed by atoms with Gasteiger partial charge in [-0.15, -0.1) is 0 Å². The molecule has 1 N–H and O–H groups in total. The predicted octanol–water partition coefficient (Wildman–Crippen LogP) is 0.721. The molecular formula is C8H15N3. The van der Waals surface area contributed by atoms with Gasteiger partial charge in [0.25, 0.3) is 0 Å². The van der Waals surface area contributed by atoms with E-state index in [1.54, 1.807) is 0 Å². The number of hydrazine groups is 1. The largest absolute Gasteiger partial charge is 0.371 e. The minimum absolute atomic E-state index is 0.958. The van der Waals surface area contributed by atoms with Crippen molar-refractivity contribution in [3.05, 3.63) is 12.4 Å². The summed E-state index contributed by atoms with van der Waals surface area (Å²) in [6.07, 6.45) is 8.23. The molecule has 0 spiro atoms. The molecule has 0 unspecified atom stereocenters. The highest BCUT2D eigenvalue weighted by Gasteiger charge is 2.16. The van der Waals surface area contributed by atoms with Gasteiger partial charge in [-0.2, -0.15) is 0 Å². The first-order valence-electron chi connectivity index (χ1n) is 4.38. The summed E-state index contributed by atoms with van der Waals surface area (Å²) < 4.78 is 0. The summed E-state index contributed by atoms with van der Waals surface area (Å²) in [7, 11) is 0. The molecule has 2 aliphatic rings. The Bertz CT molecular complexity index is 149. The Morgan fingerprint density at radius 3 is 2.55 bits per heavy atom. The van der Waals surface area contributed by atoms with Crippen LogP contribution in [0.3, 0.4) is 0 Å². The summed E-state index contributed by atoms with van der Waals surface area (Å²) in [5, 5.41) is 7.85. The van der Waals surface area contributed by atoms with Crippen LogP contribution < -0.4 is 5.32 Å². The van der Waals surface area contributed by atoms with Crippen molar-refractivity contribution in [2.45, 2.75) is 19.3 Å². The van der Waals surface area contributed by atoms with Gasteiger partial charge in [0.1, 0.15) is 6.67 Å². The molecule has 62 valence electrons. The Morgan fingerprint density at radius 1 is 1.09 bits per heavy atom. The molecule has 0 aromatic rings. The van der Waals surface area contributed by atoms with Crippen molar-refractivity contribution in [2.75, 3.05) is 19.8 Å². The van der Waals surface area contributed by atoms with E-state index < -0.39 is 0 Å². The number of nitrogens with one attached hydrogen (secondary N) is 1. The smallest absolute Gasteiger partial charge is 0.102 e. The number of hydrogen-bond acceptors (Lipinski definition) is 3. The lowest BCUT2D eigenvalue weighted by Gasteiger charge is -2.34. The first-order valence-corrected chi connectivity index (χ1v) is 4.38. The van der Waals surface area contributed by atoms with Crippen molar-refractivity contribution in [3.63, 3.8) is 0 Å². The van der Waals surface area contributed by atoms with Gasteiger partial charge in [0.2, 0.25) is 0 Å². The van der Waals surface area contributed by atoms with Crippen LogP contribution in [0.5, 0.6) is 0 Å². The minimum Gasteiger partial charge on any atom is -0.371 e. The molecule has 0 radical (unpaired) electrons. The van der Waals surface area contributed by atoms with Crippen LogP contribution in [-0.2, 0) is 0 Å². The van der Waals surface area contributed by atoms with E-state index in [2.05, 4.69) is 21.5 Å². The van der Waals surface area contributed by atoms with E-state index in [-0.39, 0.29) is 0 Å². The van der Waals surface area contributed by atoms with E-state index in [4.69, 9.17) is 0 Å². The van der Waals surface area contributed by atoms with Crippen molar-refractivity contribution in [1.82, 2.24) is 15.3 Å².